The van der Waals surface area contributed by atoms with Crippen LogP contribution in [0.2, 0.25) is 5.02 Å². The van der Waals surface area contributed by atoms with E-state index in [0.29, 0.717) is 28.5 Å². The van der Waals surface area contributed by atoms with Crippen LogP contribution in [-0.4, -0.2) is 9.55 Å². The Bertz CT molecular complexity index is 890. The van der Waals surface area contributed by atoms with Crippen molar-refractivity contribution in [2.45, 2.75) is 12.6 Å². The lowest BCUT2D eigenvalue weighted by Gasteiger charge is -2.08. The minimum absolute atomic E-state index is 0.0925. The smallest absolute Gasteiger partial charge is 0.300 e. The van der Waals surface area contributed by atoms with Crippen LogP contribution in [0.25, 0.3) is 10.9 Å². The molecule has 104 valence electrons. The Morgan fingerprint density at radius 3 is 2.81 bits per heavy atom. The molecule has 3 aromatic rings. The topological polar surface area (TPSA) is 44.1 Å². The monoisotopic (exact) mass is 298 g/mol. The summed E-state index contributed by atoms with van der Waals surface area (Å²) in [6, 6.07) is 15.3. The number of nitrogens with zero attached hydrogens (tertiary/aromatic N) is 2. The van der Waals surface area contributed by atoms with Gasteiger partial charge in [-0.05, 0) is 23.8 Å². The molecular formula is C16H11ClN2O2. The van der Waals surface area contributed by atoms with E-state index in [-0.39, 0.29) is 11.7 Å². The Labute approximate surface area is 125 Å². The number of ether oxygens (including phenoxy) is 1. The number of rotatable bonds is 1. The van der Waals surface area contributed by atoms with Crippen molar-refractivity contribution in [1.82, 2.24) is 9.55 Å². The van der Waals surface area contributed by atoms with Gasteiger partial charge in [0.25, 0.3) is 5.56 Å². The lowest BCUT2D eigenvalue weighted by molar-refractivity contribution is 0.231. The van der Waals surface area contributed by atoms with E-state index in [9.17, 15) is 4.79 Å². The SMILES string of the molecule is O=c1c2ccc(Cl)cc2nc2n1CC(c1ccccc1)O2. The highest BCUT2D eigenvalue weighted by atomic mass is 35.5. The van der Waals surface area contributed by atoms with Crippen LogP contribution >= 0.6 is 11.6 Å². The number of hydrogen-bond donors (Lipinski definition) is 0. The number of benzene rings is 2. The molecule has 0 bridgehead atoms. The zero-order valence-electron chi connectivity index (χ0n) is 11.0. The predicted octanol–water partition coefficient (Wildman–Crippen LogP) is 3.18. The summed E-state index contributed by atoms with van der Waals surface area (Å²) in [6.45, 7) is 0.476. The maximum atomic E-state index is 12.5. The van der Waals surface area contributed by atoms with Crippen LogP contribution in [0.15, 0.2) is 53.3 Å². The van der Waals surface area contributed by atoms with E-state index in [0.717, 1.165) is 5.56 Å². The molecule has 1 atom stereocenters. The predicted molar refractivity (Wildman–Crippen MR) is 80.8 cm³/mol. The first kappa shape index (κ1) is 12.4. The van der Waals surface area contributed by atoms with Crippen LogP contribution in [0.5, 0.6) is 6.01 Å². The third-order valence-corrected chi connectivity index (χ3v) is 3.88. The summed E-state index contributed by atoms with van der Waals surface area (Å²) in [5.74, 6) is 0. The molecule has 4 nitrogen and oxygen atoms in total. The third-order valence-electron chi connectivity index (χ3n) is 3.65. The van der Waals surface area contributed by atoms with Crippen molar-refractivity contribution in [3.63, 3.8) is 0 Å². The summed E-state index contributed by atoms with van der Waals surface area (Å²) < 4.78 is 7.41. The molecular weight excluding hydrogens is 288 g/mol. The Morgan fingerprint density at radius 1 is 1.19 bits per heavy atom. The van der Waals surface area contributed by atoms with E-state index in [4.69, 9.17) is 16.3 Å². The van der Waals surface area contributed by atoms with Crippen LogP contribution in [-0.2, 0) is 6.54 Å². The van der Waals surface area contributed by atoms with Gasteiger partial charge in [0.1, 0.15) is 6.10 Å². The van der Waals surface area contributed by atoms with Gasteiger partial charge in [-0.1, -0.05) is 41.9 Å². The lowest BCUT2D eigenvalue weighted by Crippen LogP contribution is -2.18. The Kier molecular flexibility index (Phi) is 2.72. The molecule has 0 fully saturated rings. The molecule has 0 aliphatic carbocycles. The van der Waals surface area contributed by atoms with E-state index in [1.165, 1.54) is 0 Å². The molecule has 2 aromatic carbocycles. The molecule has 1 aliphatic heterocycles. The van der Waals surface area contributed by atoms with E-state index in [1.807, 2.05) is 30.3 Å². The van der Waals surface area contributed by atoms with Crippen molar-refractivity contribution in [3.05, 3.63) is 69.5 Å². The molecule has 0 saturated carbocycles. The second-order valence-electron chi connectivity index (χ2n) is 4.99. The van der Waals surface area contributed by atoms with E-state index in [2.05, 4.69) is 4.98 Å². The average molecular weight is 299 g/mol. The van der Waals surface area contributed by atoms with Gasteiger partial charge in [0.05, 0.1) is 17.4 Å². The van der Waals surface area contributed by atoms with Crippen LogP contribution in [0.3, 0.4) is 0 Å². The van der Waals surface area contributed by atoms with Gasteiger partial charge in [-0.15, -0.1) is 0 Å². The molecule has 5 heteroatoms. The fourth-order valence-corrected chi connectivity index (χ4v) is 2.76. The molecule has 0 spiro atoms. The van der Waals surface area contributed by atoms with Crippen LogP contribution in [0.4, 0.5) is 0 Å². The molecule has 2 heterocycles. The zero-order valence-corrected chi connectivity index (χ0v) is 11.7. The summed E-state index contributed by atoms with van der Waals surface area (Å²) >= 11 is 5.96. The van der Waals surface area contributed by atoms with E-state index < -0.39 is 0 Å². The van der Waals surface area contributed by atoms with Gasteiger partial charge in [0.15, 0.2) is 0 Å². The summed E-state index contributed by atoms with van der Waals surface area (Å²) in [5, 5.41) is 1.11. The summed E-state index contributed by atoms with van der Waals surface area (Å²) in [6.07, 6.45) is -0.182. The second kappa shape index (κ2) is 4.60. The van der Waals surface area contributed by atoms with Gasteiger partial charge in [0.2, 0.25) is 0 Å². The molecule has 1 aromatic heterocycles. The van der Waals surface area contributed by atoms with Crippen molar-refractivity contribution < 1.29 is 4.74 Å². The summed E-state index contributed by atoms with van der Waals surface area (Å²) in [7, 11) is 0. The second-order valence-corrected chi connectivity index (χ2v) is 5.43. The fourth-order valence-electron chi connectivity index (χ4n) is 2.60. The number of fused-ring (bicyclic) bond motifs is 2. The van der Waals surface area contributed by atoms with E-state index >= 15 is 0 Å². The highest BCUT2D eigenvalue weighted by Gasteiger charge is 2.27. The first-order chi connectivity index (χ1) is 10.2. The van der Waals surface area contributed by atoms with Crippen molar-refractivity contribution in [2.75, 3.05) is 0 Å². The maximum Gasteiger partial charge on any atom is 0.300 e. The highest BCUT2D eigenvalue weighted by Crippen LogP contribution is 2.29. The van der Waals surface area contributed by atoms with Gasteiger partial charge < -0.3 is 4.74 Å². The van der Waals surface area contributed by atoms with Crippen molar-refractivity contribution in [2.24, 2.45) is 0 Å². The largest absolute Gasteiger partial charge is 0.454 e. The van der Waals surface area contributed by atoms with Gasteiger partial charge in [-0.2, -0.15) is 4.98 Å². The fraction of sp³-hybridized carbons (Fsp3) is 0.125. The van der Waals surface area contributed by atoms with Gasteiger partial charge >= 0.3 is 6.01 Å². The highest BCUT2D eigenvalue weighted by molar-refractivity contribution is 6.31. The Balaban J connectivity index is 1.84. The van der Waals surface area contributed by atoms with Crippen molar-refractivity contribution in [1.29, 1.82) is 0 Å². The average Bonchev–Trinajstić information content (AvgIpc) is 2.92. The first-order valence-electron chi connectivity index (χ1n) is 6.64. The molecule has 0 saturated heterocycles. The molecule has 4 rings (SSSR count). The summed E-state index contributed by atoms with van der Waals surface area (Å²) in [5.41, 5.74) is 1.50. The van der Waals surface area contributed by atoms with Crippen LogP contribution in [0, 0.1) is 0 Å². The van der Waals surface area contributed by atoms with Crippen molar-refractivity contribution >= 4 is 22.5 Å². The van der Waals surface area contributed by atoms with Crippen molar-refractivity contribution in [3.8, 4) is 6.01 Å². The minimum Gasteiger partial charge on any atom is -0.454 e. The number of halogens is 1. The molecule has 1 unspecified atom stereocenters. The van der Waals surface area contributed by atoms with Gasteiger partial charge in [0, 0.05) is 5.02 Å². The Hall–Kier alpha value is -2.33. The molecule has 0 radical (unpaired) electrons. The molecule has 21 heavy (non-hydrogen) atoms. The zero-order chi connectivity index (χ0) is 14.4. The minimum atomic E-state index is -0.182. The molecule has 1 aliphatic rings. The maximum absolute atomic E-state index is 12.5. The Morgan fingerprint density at radius 2 is 2.00 bits per heavy atom. The van der Waals surface area contributed by atoms with Crippen LogP contribution in [0.1, 0.15) is 11.7 Å². The number of aromatic nitrogens is 2. The summed E-state index contributed by atoms with van der Waals surface area (Å²) in [4.78, 5) is 16.9. The quantitative estimate of drug-likeness (QED) is 0.693. The standard InChI is InChI=1S/C16H11ClN2O2/c17-11-6-7-12-13(8-11)18-16-19(15(12)20)9-14(21-16)10-4-2-1-3-5-10/h1-8,14H,9H2. The van der Waals surface area contributed by atoms with Crippen LogP contribution < -0.4 is 10.3 Å². The van der Waals surface area contributed by atoms with E-state index in [1.54, 1.807) is 22.8 Å². The third kappa shape index (κ3) is 1.99. The normalized spacial score (nSPS) is 16.7. The van der Waals surface area contributed by atoms with Gasteiger partial charge in [-0.25, -0.2) is 0 Å². The van der Waals surface area contributed by atoms with Gasteiger partial charge in [-0.3, -0.25) is 9.36 Å². The molecule has 0 N–H and O–H groups in total. The molecule has 0 amide bonds. The lowest BCUT2D eigenvalue weighted by atomic mass is 10.1. The first-order valence-corrected chi connectivity index (χ1v) is 7.02. The number of hydrogen-bond acceptors (Lipinski definition) is 3.